The van der Waals surface area contributed by atoms with Crippen LogP contribution < -0.4 is 5.32 Å². The first-order valence-electron chi connectivity index (χ1n) is 5.86. The summed E-state index contributed by atoms with van der Waals surface area (Å²) in [5.41, 5.74) is 0.259. The number of alkyl halides is 2. The molecular formula is C15H13F2NO. The van der Waals surface area contributed by atoms with Crippen LogP contribution in [0.15, 0.2) is 60.7 Å². The van der Waals surface area contributed by atoms with Crippen LogP contribution in [0.1, 0.15) is 15.9 Å². The first-order valence-corrected chi connectivity index (χ1v) is 5.86. The summed E-state index contributed by atoms with van der Waals surface area (Å²) in [6.07, 6.45) is 0. The fourth-order valence-electron chi connectivity index (χ4n) is 1.67. The molecule has 1 amide bonds. The lowest BCUT2D eigenvalue weighted by Gasteiger charge is -2.17. The molecule has 2 aromatic rings. The van der Waals surface area contributed by atoms with Crippen molar-refractivity contribution in [3.63, 3.8) is 0 Å². The third kappa shape index (κ3) is 3.37. The summed E-state index contributed by atoms with van der Waals surface area (Å²) in [7, 11) is 0. The summed E-state index contributed by atoms with van der Waals surface area (Å²) in [4.78, 5) is 11.7. The normalized spacial score (nSPS) is 11.1. The number of hydrogen-bond acceptors (Lipinski definition) is 1. The molecule has 0 saturated carbocycles. The zero-order valence-electron chi connectivity index (χ0n) is 10.1. The monoisotopic (exact) mass is 261 g/mol. The van der Waals surface area contributed by atoms with Crippen molar-refractivity contribution in [1.29, 1.82) is 0 Å². The number of benzene rings is 2. The molecule has 2 rings (SSSR count). The average molecular weight is 261 g/mol. The van der Waals surface area contributed by atoms with Crippen LogP contribution in [0.5, 0.6) is 0 Å². The number of hydrogen-bond donors (Lipinski definition) is 1. The van der Waals surface area contributed by atoms with E-state index in [4.69, 9.17) is 0 Å². The van der Waals surface area contributed by atoms with Gasteiger partial charge in [-0.25, -0.2) is 0 Å². The Morgan fingerprint density at radius 2 is 1.47 bits per heavy atom. The van der Waals surface area contributed by atoms with Gasteiger partial charge in [-0.05, 0) is 12.1 Å². The number of amides is 1. The molecular weight excluding hydrogens is 248 g/mol. The third-order valence-corrected chi connectivity index (χ3v) is 2.70. The zero-order chi connectivity index (χ0) is 13.7. The molecule has 1 N–H and O–H groups in total. The molecule has 0 bridgehead atoms. The lowest BCUT2D eigenvalue weighted by Crippen LogP contribution is -2.34. The van der Waals surface area contributed by atoms with Gasteiger partial charge in [0, 0.05) is 11.1 Å². The molecule has 98 valence electrons. The number of carbonyl (C=O) groups is 1. The predicted octanol–water partition coefficient (Wildman–Crippen LogP) is 3.21. The Morgan fingerprint density at radius 3 is 2.05 bits per heavy atom. The highest BCUT2D eigenvalue weighted by Crippen LogP contribution is 2.26. The maximum atomic E-state index is 13.8. The highest BCUT2D eigenvalue weighted by Gasteiger charge is 2.31. The van der Waals surface area contributed by atoms with Crippen LogP contribution in [0.25, 0.3) is 0 Å². The van der Waals surface area contributed by atoms with Gasteiger partial charge in [-0.3, -0.25) is 4.79 Å². The van der Waals surface area contributed by atoms with Crippen LogP contribution >= 0.6 is 0 Å². The van der Waals surface area contributed by atoms with Gasteiger partial charge in [0.1, 0.15) is 0 Å². The molecule has 0 radical (unpaired) electrons. The van der Waals surface area contributed by atoms with Crippen LogP contribution in [-0.4, -0.2) is 12.5 Å². The van der Waals surface area contributed by atoms with E-state index in [1.165, 1.54) is 12.1 Å². The standard InChI is InChI=1S/C15H13F2NO/c16-15(17,13-9-5-2-6-10-13)11-18-14(19)12-7-3-1-4-8-12/h1-10H,11H2,(H,18,19). The van der Waals surface area contributed by atoms with E-state index in [1.54, 1.807) is 48.5 Å². The SMILES string of the molecule is O=C(NCC(F)(F)c1ccccc1)c1ccccc1. The summed E-state index contributed by atoms with van der Waals surface area (Å²) < 4.78 is 27.6. The Bertz CT molecular complexity index is 541. The van der Waals surface area contributed by atoms with Gasteiger partial charge in [0.25, 0.3) is 11.8 Å². The fraction of sp³-hybridized carbons (Fsp3) is 0.133. The second-order valence-corrected chi connectivity index (χ2v) is 4.12. The van der Waals surface area contributed by atoms with Crippen molar-refractivity contribution in [2.45, 2.75) is 5.92 Å². The first-order chi connectivity index (χ1) is 9.09. The summed E-state index contributed by atoms with van der Waals surface area (Å²) >= 11 is 0. The second-order valence-electron chi connectivity index (χ2n) is 4.12. The largest absolute Gasteiger partial charge is 0.346 e. The van der Waals surface area contributed by atoms with Gasteiger partial charge in [0.2, 0.25) is 0 Å². The van der Waals surface area contributed by atoms with E-state index in [0.717, 1.165) is 0 Å². The van der Waals surface area contributed by atoms with Crippen LogP contribution in [0.3, 0.4) is 0 Å². The first kappa shape index (κ1) is 13.2. The van der Waals surface area contributed by atoms with Crippen molar-refractivity contribution < 1.29 is 13.6 Å². The lowest BCUT2D eigenvalue weighted by molar-refractivity contribution is -0.00247. The number of nitrogens with one attached hydrogen (secondary N) is 1. The number of halogens is 2. The molecule has 0 spiro atoms. The maximum absolute atomic E-state index is 13.8. The van der Waals surface area contributed by atoms with E-state index < -0.39 is 18.4 Å². The predicted molar refractivity (Wildman–Crippen MR) is 69.1 cm³/mol. The highest BCUT2D eigenvalue weighted by molar-refractivity contribution is 5.94. The van der Waals surface area contributed by atoms with E-state index >= 15 is 0 Å². The van der Waals surface area contributed by atoms with Crippen LogP contribution in [0.4, 0.5) is 8.78 Å². The van der Waals surface area contributed by atoms with E-state index in [-0.39, 0.29) is 5.56 Å². The van der Waals surface area contributed by atoms with Gasteiger partial charge in [-0.15, -0.1) is 0 Å². The van der Waals surface area contributed by atoms with E-state index in [9.17, 15) is 13.6 Å². The molecule has 0 fully saturated rings. The summed E-state index contributed by atoms with van der Waals surface area (Å²) in [6, 6.07) is 15.7. The van der Waals surface area contributed by atoms with E-state index in [1.807, 2.05) is 0 Å². The van der Waals surface area contributed by atoms with Gasteiger partial charge in [0.05, 0.1) is 6.54 Å². The molecule has 0 saturated heterocycles. The second kappa shape index (κ2) is 5.61. The van der Waals surface area contributed by atoms with Crippen molar-refractivity contribution in [1.82, 2.24) is 5.32 Å². The third-order valence-electron chi connectivity index (χ3n) is 2.70. The minimum Gasteiger partial charge on any atom is -0.346 e. The molecule has 2 aromatic carbocycles. The zero-order valence-corrected chi connectivity index (χ0v) is 10.1. The van der Waals surface area contributed by atoms with Crippen molar-refractivity contribution in [3.8, 4) is 0 Å². The summed E-state index contributed by atoms with van der Waals surface area (Å²) in [5.74, 6) is -3.58. The Morgan fingerprint density at radius 1 is 0.947 bits per heavy atom. The van der Waals surface area contributed by atoms with Gasteiger partial charge >= 0.3 is 0 Å². The molecule has 4 heteroatoms. The quantitative estimate of drug-likeness (QED) is 0.899. The van der Waals surface area contributed by atoms with Gasteiger partial charge in [-0.1, -0.05) is 48.5 Å². The minimum atomic E-state index is -3.08. The molecule has 0 atom stereocenters. The van der Waals surface area contributed by atoms with E-state index in [0.29, 0.717) is 5.56 Å². The Hall–Kier alpha value is -2.23. The molecule has 0 unspecified atom stereocenters. The Labute approximate surface area is 110 Å². The minimum absolute atomic E-state index is 0.108. The molecule has 19 heavy (non-hydrogen) atoms. The average Bonchev–Trinajstić information content (AvgIpc) is 2.47. The molecule has 0 aliphatic rings. The highest BCUT2D eigenvalue weighted by atomic mass is 19.3. The van der Waals surface area contributed by atoms with Crippen LogP contribution in [0, 0.1) is 0 Å². The lowest BCUT2D eigenvalue weighted by atomic mass is 10.1. The topological polar surface area (TPSA) is 29.1 Å². The Kier molecular flexibility index (Phi) is 3.90. The van der Waals surface area contributed by atoms with Crippen LogP contribution in [0.2, 0.25) is 0 Å². The molecule has 0 heterocycles. The van der Waals surface area contributed by atoms with Gasteiger partial charge < -0.3 is 5.32 Å². The van der Waals surface area contributed by atoms with Crippen molar-refractivity contribution >= 4 is 5.91 Å². The van der Waals surface area contributed by atoms with Crippen molar-refractivity contribution in [2.75, 3.05) is 6.54 Å². The fourth-order valence-corrected chi connectivity index (χ4v) is 1.67. The number of rotatable bonds is 4. The maximum Gasteiger partial charge on any atom is 0.290 e. The van der Waals surface area contributed by atoms with Crippen LogP contribution in [-0.2, 0) is 5.92 Å². The molecule has 0 aromatic heterocycles. The number of carbonyl (C=O) groups excluding carboxylic acids is 1. The van der Waals surface area contributed by atoms with Gasteiger partial charge in [-0.2, -0.15) is 8.78 Å². The summed E-state index contributed by atoms with van der Waals surface area (Å²) in [5, 5.41) is 2.25. The smallest absolute Gasteiger partial charge is 0.290 e. The van der Waals surface area contributed by atoms with Gasteiger partial charge in [0.15, 0.2) is 0 Å². The molecule has 0 aliphatic heterocycles. The Balaban J connectivity index is 2.01. The van der Waals surface area contributed by atoms with Crippen molar-refractivity contribution in [2.24, 2.45) is 0 Å². The van der Waals surface area contributed by atoms with E-state index in [2.05, 4.69) is 5.32 Å². The van der Waals surface area contributed by atoms with Crippen molar-refractivity contribution in [3.05, 3.63) is 71.8 Å². The molecule has 2 nitrogen and oxygen atoms in total. The molecule has 0 aliphatic carbocycles. The summed E-state index contributed by atoms with van der Waals surface area (Å²) in [6.45, 7) is -0.718.